The average Bonchev–Trinajstić information content (AvgIpc) is 2.51. The lowest BCUT2D eigenvalue weighted by Gasteiger charge is -2.30. The van der Waals surface area contributed by atoms with Gasteiger partial charge in [0.2, 0.25) is 0 Å². The largest absolute Gasteiger partial charge is 0.493 e. The number of aryl methyl sites for hydroxylation is 2. The SMILES string of the molecule is CCCOc1c(C)cc(C)cc1C(=O)CCN1CCCC(C)C1. The smallest absolute Gasteiger partial charge is 0.167 e. The molecule has 1 aromatic rings. The lowest BCUT2D eigenvalue weighted by Crippen LogP contribution is -2.35. The lowest BCUT2D eigenvalue weighted by molar-refractivity contribution is 0.0945. The molecule has 0 bridgehead atoms. The predicted octanol–water partition coefficient (Wildman–Crippen LogP) is 4.40. The van der Waals surface area contributed by atoms with Gasteiger partial charge in [-0.25, -0.2) is 0 Å². The summed E-state index contributed by atoms with van der Waals surface area (Å²) in [5.74, 6) is 1.75. The van der Waals surface area contributed by atoms with Gasteiger partial charge in [-0.3, -0.25) is 4.79 Å². The topological polar surface area (TPSA) is 29.5 Å². The van der Waals surface area contributed by atoms with Crippen LogP contribution < -0.4 is 4.74 Å². The molecule has 0 N–H and O–H groups in total. The van der Waals surface area contributed by atoms with Crippen molar-refractivity contribution >= 4 is 5.78 Å². The zero-order valence-electron chi connectivity index (χ0n) is 15.2. The van der Waals surface area contributed by atoms with Crippen LogP contribution in [0.2, 0.25) is 0 Å². The van der Waals surface area contributed by atoms with Gasteiger partial charge in [0.1, 0.15) is 5.75 Å². The Bertz CT molecular complexity index is 539. The fourth-order valence-electron chi connectivity index (χ4n) is 3.44. The van der Waals surface area contributed by atoms with Crippen LogP contribution in [0.3, 0.4) is 0 Å². The molecule has 1 aliphatic heterocycles. The quantitative estimate of drug-likeness (QED) is 0.698. The van der Waals surface area contributed by atoms with Gasteiger partial charge < -0.3 is 9.64 Å². The Morgan fingerprint density at radius 1 is 1.35 bits per heavy atom. The fourth-order valence-corrected chi connectivity index (χ4v) is 3.44. The summed E-state index contributed by atoms with van der Waals surface area (Å²) in [6.07, 6.45) is 4.10. The zero-order chi connectivity index (χ0) is 16.8. The first-order valence-corrected chi connectivity index (χ1v) is 9.00. The number of likely N-dealkylation sites (tertiary alicyclic amines) is 1. The van der Waals surface area contributed by atoms with E-state index in [0.717, 1.165) is 54.4 Å². The Balaban J connectivity index is 2.05. The standard InChI is InChI=1S/C20H31NO2/c1-5-11-23-20-17(4)12-16(3)13-18(20)19(22)8-10-21-9-6-7-15(2)14-21/h12-13,15H,5-11,14H2,1-4H3. The number of carbonyl (C=O) groups excluding carboxylic acids is 1. The summed E-state index contributed by atoms with van der Waals surface area (Å²) in [6, 6.07) is 4.08. The van der Waals surface area contributed by atoms with Gasteiger partial charge in [-0.2, -0.15) is 0 Å². The molecule has 0 radical (unpaired) electrons. The molecular formula is C20H31NO2. The van der Waals surface area contributed by atoms with E-state index in [1.165, 1.54) is 12.8 Å². The van der Waals surface area contributed by atoms with Gasteiger partial charge in [0, 0.05) is 19.5 Å². The summed E-state index contributed by atoms with van der Waals surface area (Å²) in [7, 11) is 0. The maximum absolute atomic E-state index is 12.8. The number of carbonyl (C=O) groups is 1. The van der Waals surface area contributed by atoms with Gasteiger partial charge in [0.25, 0.3) is 0 Å². The summed E-state index contributed by atoms with van der Waals surface area (Å²) in [5, 5.41) is 0. The number of benzene rings is 1. The Kier molecular flexibility index (Phi) is 6.64. The molecule has 1 aliphatic rings. The molecular weight excluding hydrogens is 286 g/mol. The second kappa shape index (κ2) is 8.49. The number of piperidine rings is 1. The second-order valence-corrected chi connectivity index (χ2v) is 7.03. The summed E-state index contributed by atoms with van der Waals surface area (Å²) in [5.41, 5.74) is 2.95. The third kappa shape index (κ3) is 5.07. The molecule has 128 valence electrons. The van der Waals surface area contributed by atoms with Gasteiger partial charge >= 0.3 is 0 Å². The number of rotatable bonds is 7. The van der Waals surface area contributed by atoms with Crippen molar-refractivity contribution in [1.82, 2.24) is 4.90 Å². The summed E-state index contributed by atoms with van der Waals surface area (Å²) in [6.45, 7) is 12.2. The van der Waals surface area contributed by atoms with Crippen LogP contribution in [0.15, 0.2) is 12.1 Å². The maximum Gasteiger partial charge on any atom is 0.167 e. The van der Waals surface area contributed by atoms with Crippen LogP contribution in [0.5, 0.6) is 5.75 Å². The van der Waals surface area contributed by atoms with E-state index in [2.05, 4.69) is 24.8 Å². The van der Waals surface area contributed by atoms with Crippen molar-refractivity contribution in [3.8, 4) is 5.75 Å². The van der Waals surface area contributed by atoms with E-state index in [1.54, 1.807) is 0 Å². The molecule has 0 amide bonds. The van der Waals surface area contributed by atoms with Gasteiger partial charge in [-0.15, -0.1) is 0 Å². The first-order chi connectivity index (χ1) is 11.0. The highest BCUT2D eigenvalue weighted by Gasteiger charge is 2.19. The van der Waals surface area contributed by atoms with Crippen molar-refractivity contribution in [2.75, 3.05) is 26.2 Å². The van der Waals surface area contributed by atoms with Crippen molar-refractivity contribution in [2.45, 2.75) is 53.4 Å². The third-order valence-corrected chi connectivity index (χ3v) is 4.57. The molecule has 2 rings (SSSR count). The Labute approximate surface area is 141 Å². The molecule has 0 saturated carbocycles. The number of ketones is 1. The summed E-state index contributed by atoms with van der Waals surface area (Å²) in [4.78, 5) is 15.2. The number of ether oxygens (including phenoxy) is 1. The highest BCUT2D eigenvalue weighted by Crippen LogP contribution is 2.27. The Morgan fingerprint density at radius 3 is 2.83 bits per heavy atom. The zero-order valence-corrected chi connectivity index (χ0v) is 15.2. The van der Waals surface area contributed by atoms with Crippen LogP contribution in [0, 0.1) is 19.8 Å². The molecule has 1 aromatic carbocycles. The van der Waals surface area contributed by atoms with Crippen molar-refractivity contribution in [3.05, 3.63) is 28.8 Å². The Hall–Kier alpha value is -1.35. The second-order valence-electron chi connectivity index (χ2n) is 7.03. The van der Waals surface area contributed by atoms with E-state index < -0.39 is 0 Å². The highest BCUT2D eigenvalue weighted by molar-refractivity contribution is 5.99. The third-order valence-electron chi connectivity index (χ3n) is 4.57. The predicted molar refractivity (Wildman–Crippen MR) is 95.5 cm³/mol. The number of Topliss-reactive ketones (excluding diaryl/α,β-unsaturated/α-hetero) is 1. The van der Waals surface area contributed by atoms with E-state index in [-0.39, 0.29) is 5.78 Å². The minimum atomic E-state index is 0.209. The summed E-state index contributed by atoms with van der Waals surface area (Å²) < 4.78 is 5.87. The van der Waals surface area contributed by atoms with Gasteiger partial charge in [0.15, 0.2) is 5.78 Å². The first kappa shape index (κ1) is 18.0. The molecule has 1 atom stereocenters. The maximum atomic E-state index is 12.8. The van der Waals surface area contributed by atoms with Crippen LogP contribution in [0.1, 0.15) is 61.0 Å². The van der Waals surface area contributed by atoms with E-state index in [4.69, 9.17) is 4.74 Å². The van der Waals surface area contributed by atoms with Gasteiger partial charge in [0.05, 0.1) is 12.2 Å². The molecule has 1 saturated heterocycles. The summed E-state index contributed by atoms with van der Waals surface area (Å²) >= 11 is 0. The van der Waals surface area contributed by atoms with E-state index in [1.807, 2.05) is 19.9 Å². The molecule has 3 heteroatoms. The van der Waals surface area contributed by atoms with Crippen LogP contribution >= 0.6 is 0 Å². The molecule has 0 aromatic heterocycles. The lowest BCUT2D eigenvalue weighted by atomic mass is 9.98. The normalized spacial score (nSPS) is 18.9. The highest BCUT2D eigenvalue weighted by atomic mass is 16.5. The van der Waals surface area contributed by atoms with E-state index in [9.17, 15) is 4.79 Å². The van der Waals surface area contributed by atoms with Gasteiger partial charge in [-0.05, 0) is 62.8 Å². The van der Waals surface area contributed by atoms with Crippen LogP contribution in [-0.4, -0.2) is 36.9 Å². The first-order valence-electron chi connectivity index (χ1n) is 9.00. The van der Waals surface area contributed by atoms with Crippen molar-refractivity contribution in [2.24, 2.45) is 5.92 Å². The Morgan fingerprint density at radius 2 is 2.13 bits per heavy atom. The van der Waals surface area contributed by atoms with Crippen LogP contribution in [0.25, 0.3) is 0 Å². The van der Waals surface area contributed by atoms with Crippen molar-refractivity contribution < 1.29 is 9.53 Å². The average molecular weight is 317 g/mol. The van der Waals surface area contributed by atoms with Crippen LogP contribution in [-0.2, 0) is 0 Å². The van der Waals surface area contributed by atoms with Gasteiger partial charge in [-0.1, -0.05) is 19.9 Å². The molecule has 0 spiro atoms. The van der Waals surface area contributed by atoms with E-state index in [0.29, 0.717) is 13.0 Å². The fraction of sp³-hybridized carbons (Fsp3) is 0.650. The molecule has 0 aliphatic carbocycles. The monoisotopic (exact) mass is 317 g/mol. The molecule has 1 heterocycles. The number of nitrogens with zero attached hydrogens (tertiary/aromatic N) is 1. The van der Waals surface area contributed by atoms with Crippen molar-refractivity contribution in [3.63, 3.8) is 0 Å². The molecule has 3 nitrogen and oxygen atoms in total. The number of hydrogen-bond donors (Lipinski definition) is 0. The number of hydrogen-bond acceptors (Lipinski definition) is 3. The minimum absolute atomic E-state index is 0.209. The van der Waals surface area contributed by atoms with Crippen LogP contribution in [0.4, 0.5) is 0 Å². The van der Waals surface area contributed by atoms with Crippen molar-refractivity contribution in [1.29, 1.82) is 0 Å². The molecule has 1 unspecified atom stereocenters. The molecule has 23 heavy (non-hydrogen) atoms. The van der Waals surface area contributed by atoms with E-state index >= 15 is 0 Å². The molecule has 1 fully saturated rings. The minimum Gasteiger partial charge on any atom is -0.493 e.